The van der Waals surface area contributed by atoms with Gasteiger partial charge in [0.25, 0.3) is 0 Å². The second-order valence-electron chi connectivity index (χ2n) is 7.43. The minimum atomic E-state index is -0.314. The third-order valence-electron chi connectivity index (χ3n) is 5.09. The zero-order valence-electron chi connectivity index (χ0n) is 17.4. The van der Waals surface area contributed by atoms with E-state index in [1.807, 2.05) is 42.5 Å². The van der Waals surface area contributed by atoms with Crippen LogP contribution < -0.4 is 0 Å². The van der Waals surface area contributed by atoms with Gasteiger partial charge in [-0.1, -0.05) is 86.5 Å². The second-order valence-corrected chi connectivity index (χ2v) is 7.43. The van der Waals surface area contributed by atoms with Gasteiger partial charge in [0.05, 0.1) is 0 Å². The Hall–Kier alpha value is -2.34. The molecule has 0 saturated carbocycles. The highest BCUT2D eigenvalue weighted by molar-refractivity contribution is 5.26. The predicted octanol–water partition coefficient (Wildman–Crippen LogP) is 7.15. The summed E-state index contributed by atoms with van der Waals surface area (Å²) in [6.07, 6.45) is 11.6. The number of benzene rings is 2. The van der Waals surface area contributed by atoms with Crippen molar-refractivity contribution < 1.29 is 9.47 Å². The van der Waals surface area contributed by atoms with Crippen LogP contribution in [0.25, 0.3) is 0 Å². The van der Waals surface area contributed by atoms with Crippen LogP contribution in [-0.4, -0.2) is 6.29 Å². The fourth-order valence-electron chi connectivity index (χ4n) is 3.50. The lowest BCUT2D eigenvalue weighted by Crippen LogP contribution is -2.06. The maximum absolute atomic E-state index is 6.26. The van der Waals surface area contributed by atoms with Crippen molar-refractivity contribution in [3.05, 3.63) is 83.9 Å². The zero-order valence-corrected chi connectivity index (χ0v) is 17.4. The molecule has 1 aliphatic rings. The van der Waals surface area contributed by atoms with Crippen molar-refractivity contribution in [2.24, 2.45) is 0 Å². The molecule has 0 bridgehead atoms. The first-order chi connectivity index (χ1) is 14.4. The molecule has 1 heterocycles. The zero-order chi connectivity index (χ0) is 20.2. The Morgan fingerprint density at radius 2 is 1.31 bits per heavy atom. The van der Waals surface area contributed by atoms with Crippen molar-refractivity contribution in [2.75, 3.05) is 0 Å². The monoisotopic (exact) mass is 388 g/mol. The van der Waals surface area contributed by atoms with Crippen molar-refractivity contribution in [2.45, 2.75) is 70.4 Å². The van der Waals surface area contributed by atoms with E-state index in [0.29, 0.717) is 0 Å². The summed E-state index contributed by atoms with van der Waals surface area (Å²) in [6.45, 7) is 2.22. The molecule has 152 valence electrons. The van der Waals surface area contributed by atoms with Crippen LogP contribution in [0.15, 0.2) is 72.8 Å². The predicted molar refractivity (Wildman–Crippen MR) is 119 cm³/mol. The van der Waals surface area contributed by atoms with E-state index in [0.717, 1.165) is 36.8 Å². The molecule has 29 heavy (non-hydrogen) atoms. The minimum Gasteiger partial charge on any atom is -0.338 e. The largest absolute Gasteiger partial charge is 0.338 e. The van der Waals surface area contributed by atoms with E-state index >= 15 is 0 Å². The lowest BCUT2D eigenvalue weighted by atomic mass is 9.99. The summed E-state index contributed by atoms with van der Waals surface area (Å²) in [4.78, 5) is 0. The number of allylic oxidation sites excluding steroid dienone is 1. The Kier molecular flexibility index (Phi) is 9.04. The normalized spacial score (nSPS) is 19.3. The number of hydrogen-bond acceptors (Lipinski definition) is 2. The van der Waals surface area contributed by atoms with Gasteiger partial charge in [-0.15, -0.1) is 11.8 Å². The van der Waals surface area contributed by atoms with E-state index in [-0.39, 0.29) is 18.5 Å². The van der Waals surface area contributed by atoms with Gasteiger partial charge in [0.2, 0.25) is 0 Å². The summed E-state index contributed by atoms with van der Waals surface area (Å²) in [6, 6.07) is 20.7. The Morgan fingerprint density at radius 1 is 0.759 bits per heavy atom. The standard InChI is InChI=1S/C27H32O2/c1-2-3-4-5-6-7-8-9-10-17-22-25-28-26(23-18-13-11-14-19-23)27(29-25)24-20-15-12-16-21-24/h11-22,25-27H,2-5,8-10H2,1H3/b22-17+/t26-,27-/m1/s1. The highest BCUT2D eigenvalue weighted by Gasteiger charge is 2.36. The lowest BCUT2D eigenvalue weighted by Gasteiger charge is -2.17. The Morgan fingerprint density at radius 3 is 1.86 bits per heavy atom. The number of hydrogen-bond donors (Lipinski definition) is 0. The summed E-state index contributed by atoms with van der Waals surface area (Å²) in [5.74, 6) is 6.56. The van der Waals surface area contributed by atoms with Crippen molar-refractivity contribution in [3.63, 3.8) is 0 Å². The highest BCUT2D eigenvalue weighted by Crippen LogP contribution is 2.42. The van der Waals surface area contributed by atoms with Crippen LogP contribution in [0.4, 0.5) is 0 Å². The molecule has 2 aromatic carbocycles. The number of unbranched alkanes of at least 4 members (excludes halogenated alkanes) is 5. The van der Waals surface area contributed by atoms with E-state index in [4.69, 9.17) is 9.47 Å². The van der Waals surface area contributed by atoms with E-state index in [9.17, 15) is 0 Å². The fraction of sp³-hybridized carbons (Fsp3) is 0.407. The first kappa shape index (κ1) is 21.4. The second kappa shape index (κ2) is 12.3. The van der Waals surface area contributed by atoms with Gasteiger partial charge in [0.1, 0.15) is 12.2 Å². The molecule has 0 amide bonds. The lowest BCUT2D eigenvalue weighted by molar-refractivity contribution is -0.0292. The molecule has 1 aliphatic heterocycles. The molecule has 2 atom stereocenters. The van der Waals surface area contributed by atoms with Crippen LogP contribution in [0.5, 0.6) is 0 Å². The Bertz CT molecular complexity index is 738. The first-order valence-corrected chi connectivity index (χ1v) is 10.9. The van der Waals surface area contributed by atoms with Gasteiger partial charge in [-0.2, -0.15) is 0 Å². The number of ether oxygens (including phenoxy) is 2. The maximum Gasteiger partial charge on any atom is 0.178 e. The quantitative estimate of drug-likeness (QED) is 0.258. The first-order valence-electron chi connectivity index (χ1n) is 10.9. The van der Waals surface area contributed by atoms with Crippen LogP contribution >= 0.6 is 0 Å². The summed E-state index contributed by atoms with van der Waals surface area (Å²) in [7, 11) is 0. The van der Waals surface area contributed by atoms with Gasteiger partial charge in [0, 0.05) is 12.8 Å². The maximum atomic E-state index is 6.26. The molecule has 0 spiro atoms. The molecule has 0 aromatic heterocycles. The van der Waals surface area contributed by atoms with Gasteiger partial charge in [-0.25, -0.2) is 0 Å². The summed E-state index contributed by atoms with van der Waals surface area (Å²) < 4.78 is 12.5. The van der Waals surface area contributed by atoms with E-state index < -0.39 is 0 Å². The van der Waals surface area contributed by atoms with Gasteiger partial charge in [-0.05, 0) is 36.5 Å². The van der Waals surface area contributed by atoms with E-state index in [1.54, 1.807) is 0 Å². The average molecular weight is 389 g/mol. The Balaban J connectivity index is 1.51. The minimum absolute atomic E-state index is 0.0952. The third-order valence-corrected chi connectivity index (χ3v) is 5.09. The van der Waals surface area contributed by atoms with Crippen molar-refractivity contribution in [1.82, 2.24) is 0 Å². The molecular formula is C27H32O2. The molecule has 1 saturated heterocycles. The molecule has 0 N–H and O–H groups in total. The highest BCUT2D eigenvalue weighted by atomic mass is 16.7. The SMILES string of the molecule is CCCCCC#CCCC/C=C/C1O[C@H](c2ccccc2)[C@@H](c2ccccc2)O1. The molecule has 0 radical (unpaired) electrons. The van der Waals surface area contributed by atoms with Crippen LogP contribution in [0.1, 0.15) is 75.2 Å². The smallest absolute Gasteiger partial charge is 0.178 e. The van der Waals surface area contributed by atoms with Crippen molar-refractivity contribution in [3.8, 4) is 11.8 Å². The van der Waals surface area contributed by atoms with E-state index in [2.05, 4.69) is 49.1 Å². The van der Waals surface area contributed by atoms with Crippen LogP contribution in [0, 0.1) is 11.8 Å². The molecule has 0 aliphatic carbocycles. The number of rotatable bonds is 9. The van der Waals surface area contributed by atoms with Gasteiger partial charge in [-0.3, -0.25) is 0 Å². The van der Waals surface area contributed by atoms with Crippen LogP contribution in [0.3, 0.4) is 0 Å². The summed E-state index contributed by atoms with van der Waals surface area (Å²) in [5.41, 5.74) is 2.30. The molecule has 0 unspecified atom stereocenters. The van der Waals surface area contributed by atoms with E-state index in [1.165, 1.54) is 19.3 Å². The average Bonchev–Trinajstić information content (AvgIpc) is 3.20. The summed E-state index contributed by atoms with van der Waals surface area (Å²) >= 11 is 0. The molecule has 2 heteroatoms. The molecular weight excluding hydrogens is 356 g/mol. The van der Waals surface area contributed by atoms with Crippen LogP contribution in [0.2, 0.25) is 0 Å². The molecule has 2 aromatic rings. The Labute approximate surface area is 175 Å². The molecule has 3 rings (SSSR count). The van der Waals surface area contributed by atoms with Gasteiger partial charge in [0.15, 0.2) is 6.29 Å². The van der Waals surface area contributed by atoms with Crippen molar-refractivity contribution in [1.29, 1.82) is 0 Å². The van der Waals surface area contributed by atoms with Gasteiger partial charge >= 0.3 is 0 Å². The van der Waals surface area contributed by atoms with Crippen molar-refractivity contribution >= 4 is 0 Å². The summed E-state index contributed by atoms with van der Waals surface area (Å²) in [5, 5.41) is 0. The molecule has 1 fully saturated rings. The molecule has 2 nitrogen and oxygen atoms in total. The van der Waals surface area contributed by atoms with Crippen LogP contribution in [-0.2, 0) is 9.47 Å². The van der Waals surface area contributed by atoms with Gasteiger partial charge < -0.3 is 9.47 Å². The topological polar surface area (TPSA) is 18.5 Å². The third kappa shape index (κ3) is 6.89. The fourth-order valence-corrected chi connectivity index (χ4v) is 3.50.